The van der Waals surface area contributed by atoms with Gasteiger partial charge in [0.25, 0.3) is 0 Å². The Morgan fingerprint density at radius 2 is 1.29 bits per heavy atom. The van der Waals surface area contributed by atoms with Crippen LogP contribution >= 0.6 is 0 Å². The monoisotopic (exact) mass is 248 g/mol. The van der Waals surface area contributed by atoms with Crippen molar-refractivity contribution in [3.63, 3.8) is 0 Å². The molecule has 6 heteroatoms. The minimum Gasteiger partial charge on any atom is -1.00 e. The number of hydrogen-bond acceptors (Lipinski definition) is 3. The predicted octanol–water partition coefficient (Wildman–Crippen LogP) is -4.23. The van der Waals surface area contributed by atoms with Crippen LogP contribution in [-0.2, 0) is 13.3 Å². The third kappa shape index (κ3) is 7.42. The third-order valence-corrected chi connectivity index (χ3v) is 3.86. The Bertz CT molecular complexity index is 121. The van der Waals surface area contributed by atoms with Crippen LogP contribution in [0.3, 0.4) is 0 Å². The van der Waals surface area contributed by atoms with E-state index in [4.69, 9.17) is 13.3 Å². The fraction of sp³-hybridized carbons (Fsp3) is 0.750. The fourth-order valence-electron chi connectivity index (χ4n) is 0.905. The largest absolute Gasteiger partial charge is 1.00 e. The first-order chi connectivity index (χ1) is 5.74. The van der Waals surface area contributed by atoms with Crippen molar-refractivity contribution in [3.05, 3.63) is 12.3 Å². The summed E-state index contributed by atoms with van der Waals surface area (Å²) in [6.45, 7) is 11.2. The van der Waals surface area contributed by atoms with Crippen molar-refractivity contribution in [1.29, 1.82) is 0 Å². The summed E-state index contributed by atoms with van der Waals surface area (Å²) in [5, 5.41) is 0. The Hall–Kier alpha value is 1.13. The molecule has 0 fully saturated rings. The summed E-state index contributed by atoms with van der Waals surface area (Å²) < 4.78 is 16.3. The molecule has 0 atom stereocenters. The van der Waals surface area contributed by atoms with Gasteiger partial charge in [-0.25, -0.2) is 0 Å². The van der Waals surface area contributed by atoms with E-state index in [2.05, 4.69) is 6.58 Å². The third-order valence-electron chi connectivity index (χ3n) is 1.29. The van der Waals surface area contributed by atoms with Gasteiger partial charge >= 0.3 is 38.4 Å². The van der Waals surface area contributed by atoms with Crippen molar-refractivity contribution < 1.29 is 55.2 Å². The van der Waals surface area contributed by atoms with Crippen LogP contribution in [0.25, 0.3) is 0 Å². The summed E-state index contributed by atoms with van der Waals surface area (Å²) in [5.41, 5.74) is 1.67. The molecule has 0 aromatic heterocycles. The summed E-state index contributed by atoms with van der Waals surface area (Å²) in [6, 6.07) is 0. The molecule has 0 rings (SSSR count). The minimum absolute atomic E-state index is 0. The van der Waals surface area contributed by atoms with Gasteiger partial charge in [-0.15, -0.1) is 0 Å². The van der Waals surface area contributed by atoms with Gasteiger partial charge in [-0.05, 0) is 26.5 Å². The van der Waals surface area contributed by atoms with Crippen LogP contribution in [0.4, 0.5) is 0 Å². The molecule has 14 heavy (non-hydrogen) atoms. The summed E-state index contributed by atoms with van der Waals surface area (Å²) in [5.74, 6) is 0. The fourth-order valence-corrected chi connectivity index (χ4v) is 2.72. The van der Waals surface area contributed by atoms with E-state index in [1.54, 1.807) is 5.70 Å². The smallest absolute Gasteiger partial charge is 1.00 e. The Morgan fingerprint density at radius 1 is 1.00 bits per heavy atom. The molecule has 0 saturated carbocycles. The van der Waals surface area contributed by atoms with Gasteiger partial charge in [-0.3, -0.25) is 0 Å². The summed E-state index contributed by atoms with van der Waals surface area (Å²) in [6.07, 6.45) is 0. The molecule has 0 saturated heterocycles. The quantitative estimate of drug-likeness (QED) is 0.428. The summed E-state index contributed by atoms with van der Waals surface area (Å²) in [4.78, 5) is 0. The van der Waals surface area contributed by atoms with Gasteiger partial charge in [-0.1, -0.05) is 6.58 Å². The van der Waals surface area contributed by atoms with Crippen molar-refractivity contribution in [2.75, 3.05) is 19.8 Å². The maximum atomic E-state index is 5.44. The van der Waals surface area contributed by atoms with E-state index < -0.39 is 8.80 Å². The van der Waals surface area contributed by atoms with Gasteiger partial charge in [0.2, 0.25) is 0 Å². The Kier molecular flexibility index (Phi) is 17.9. The SMILES string of the molecule is C=C[Si](OCC)(OCC)OCC.[Cl-].[Na+]. The molecule has 0 aromatic carbocycles. The summed E-state index contributed by atoms with van der Waals surface area (Å²) >= 11 is 0. The second-order valence-corrected chi connectivity index (χ2v) is 4.59. The van der Waals surface area contributed by atoms with E-state index in [0.717, 1.165) is 0 Å². The van der Waals surface area contributed by atoms with E-state index in [9.17, 15) is 0 Å². The zero-order chi connectivity index (χ0) is 9.45. The van der Waals surface area contributed by atoms with Crippen LogP contribution in [-0.4, -0.2) is 28.6 Å². The standard InChI is InChI=1S/C8H18O3Si.ClH.Na/c1-5-9-12(8-4,10-6-2)11-7-3;;/h8H,4-7H2,1-3H3;1H;/q;;+1/p-1. The molecule has 3 nitrogen and oxygen atoms in total. The van der Waals surface area contributed by atoms with Gasteiger partial charge in [0.15, 0.2) is 0 Å². The molecule has 0 heterocycles. The van der Waals surface area contributed by atoms with Gasteiger partial charge in [0.1, 0.15) is 0 Å². The zero-order valence-corrected chi connectivity index (χ0v) is 13.3. The number of halogens is 1. The number of rotatable bonds is 7. The Labute approximate surface area is 116 Å². The molecule has 80 valence electrons. The van der Waals surface area contributed by atoms with Crippen LogP contribution < -0.4 is 42.0 Å². The zero-order valence-electron chi connectivity index (χ0n) is 9.51. The molecule has 0 unspecified atom stereocenters. The van der Waals surface area contributed by atoms with Crippen molar-refractivity contribution in [2.24, 2.45) is 0 Å². The van der Waals surface area contributed by atoms with Crippen molar-refractivity contribution >= 4 is 8.80 Å². The van der Waals surface area contributed by atoms with E-state index in [1.807, 2.05) is 20.8 Å². The Morgan fingerprint density at radius 3 is 1.43 bits per heavy atom. The molecular formula is C8H18ClNaO3Si. The van der Waals surface area contributed by atoms with Crippen LogP contribution in [0.2, 0.25) is 0 Å². The average Bonchev–Trinajstić information content (AvgIpc) is 2.06. The van der Waals surface area contributed by atoms with Gasteiger partial charge in [0.05, 0.1) is 0 Å². The number of hydrogen-bond donors (Lipinski definition) is 0. The maximum absolute atomic E-state index is 5.44. The molecule has 0 N–H and O–H groups in total. The van der Waals surface area contributed by atoms with E-state index >= 15 is 0 Å². The Balaban J connectivity index is -0.000000605. The average molecular weight is 249 g/mol. The van der Waals surface area contributed by atoms with Crippen molar-refractivity contribution in [1.82, 2.24) is 0 Å². The van der Waals surface area contributed by atoms with Gasteiger partial charge < -0.3 is 25.7 Å². The molecule has 0 amide bonds. The topological polar surface area (TPSA) is 27.7 Å². The van der Waals surface area contributed by atoms with Gasteiger partial charge in [0, 0.05) is 19.8 Å². The normalized spacial score (nSPS) is 9.93. The first-order valence-electron chi connectivity index (χ1n) is 4.30. The first kappa shape index (κ1) is 20.5. The second-order valence-electron chi connectivity index (χ2n) is 2.11. The van der Waals surface area contributed by atoms with Crippen LogP contribution in [0.1, 0.15) is 20.8 Å². The maximum Gasteiger partial charge on any atom is 1.00 e. The van der Waals surface area contributed by atoms with Crippen LogP contribution in [0.15, 0.2) is 12.3 Å². The van der Waals surface area contributed by atoms with Crippen LogP contribution in [0, 0.1) is 0 Å². The molecular weight excluding hydrogens is 231 g/mol. The molecule has 0 aliphatic heterocycles. The van der Waals surface area contributed by atoms with Crippen molar-refractivity contribution in [2.45, 2.75) is 20.8 Å². The second kappa shape index (κ2) is 12.2. The summed E-state index contributed by atoms with van der Waals surface area (Å²) in [7, 11) is -2.51. The molecule has 0 aliphatic carbocycles. The van der Waals surface area contributed by atoms with Crippen molar-refractivity contribution in [3.8, 4) is 0 Å². The molecule has 0 bridgehead atoms. The minimum atomic E-state index is -2.51. The van der Waals surface area contributed by atoms with E-state index in [0.29, 0.717) is 19.8 Å². The van der Waals surface area contributed by atoms with E-state index in [1.165, 1.54) is 0 Å². The molecule has 0 aromatic rings. The molecule has 0 radical (unpaired) electrons. The molecule has 0 spiro atoms. The predicted molar refractivity (Wildman–Crippen MR) is 50.8 cm³/mol. The van der Waals surface area contributed by atoms with Gasteiger partial charge in [-0.2, -0.15) is 0 Å². The first-order valence-corrected chi connectivity index (χ1v) is 6.10. The molecule has 0 aliphatic rings. The van der Waals surface area contributed by atoms with Crippen LogP contribution in [0.5, 0.6) is 0 Å². The van der Waals surface area contributed by atoms with E-state index in [-0.39, 0.29) is 42.0 Å².